The fourth-order valence-electron chi connectivity index (χ4n) is 3.18. The van der Waals surface area contributed by atoms with E-state index < -0.39 is 59.9 Å². The molecule has 0 bridgehead atoms. The fraction of sp³-hybridized carbons (Fsp3) is 0.619. The van der Waals surface area contributed by atoms with E-state index in [4.69, 9.17) is 11.5 Å². The SMILES string of the molecule is CC(C)CC(NC(=O)C(CCC(N)=O)NC(=O)C(N)Cc1cnc[nH]1)C(=O)NC(C(=O)O)C(C)O. The molecule has 0 aliphatic heterocycles. The van der Waals surface area contributed by atoms with Crippen LogP contribution in [-0.4, -0.2) is 80.1 Å². The Labute approximate surface area is 202 Å². The molecular formula is C21H35N7O7. The Bertz CT molecular complexity index is 873. The number of carboxylic acids is 1. The molecule has 0 radical (unpaired) electrons. The maximum atomic E-state index is 13.0. The number of hydrogen-bond acceptors (Lipinski definition) is 8. The first-order valence-corrected chi connectivity index (χ1v) is 11.1. The summed E-state index contributed by atoms with van der Waals surface area (Å²) in [6, 6.07) is -5.02. The number of nitrogens with zero attached hydrogens (tertiary/aromatic N) is 1. The van der Waals surface area contributed by atoms with Gasteiger partial charge in [-0.25, -0.2) is 9.78 Å². The molecule has 10 N–H and O–H groups in total. The van der Waals surface area contributed by atoms with Crippen LogP contribution in [0.5, 0.6) is 0 Å². The first-order chi connectivity index (χ1) is 16.3. The third kappa shape index (κ3) is 10.5. The van der Waals surface area contributed by atoms with Crippen LogP contribution in [0.15, 0.2) is 12.5 Å². The number of amides is 4. The van der Waals surface area contributed by atoms with Crippen molar-refractivity contribution in [3.63, 3.8) is 0 Å². The maximum absolute atomic E-state index is 13.0. The lowest BCUT2D eigenvalue weighted by molar-refractivity contribution is -0.145. The van der Waals surface area contributed by atoms with Gasteiger partial charge in [-0.1, -0.05) is 13.8 Å². The number of primary amides is 1. The van der Waals surface area contributed by atoms with Crippen LogP contribution >= 0.6 is 0 Å². The standard InChI is InChI=1S/C21H35N7O7/c1-10(2)6-15(20(33)28-17(11(3)29)21(34)35)27-19(32)14(4-5-16(23)30)26-18(31)13(22)7-12-8-24-9-25-12/h8-11,13-15,17,29H,4-7,22H2,1-3H3,(H2,23,30)(H,24,25)(H,26,31)(H,27,32)(H,28,33)(H,34,35). The molecule has 0 saturated carbocycles. The average Bonchev–Trinajstić information content (AvgIpc) is 3.25. The number of carbonyl (C=O) groups excluding carboxylic acids is 4. The van der Waals surface area contributed by atoms with Gasteiger partial charge in [0.15, 0.2) is 6.04 Å². The van der Waals surface area contributed by atoms with Crippen molar-refractivity contribution in [2.24, 2.45) is 17.4 Å². The van der Waals surface area contributed by atoms with E-state index >= 15 is 0 Å². The number of carboxylic acid groups (broad SMARTS) is 1. The first-order valence-electron chi connectivity index (χ1n) is 11.1. The average molecular weight is 498 g/mol. The van der Waals surface area contributed by atoms with E-state index in [1.807, 2.05) is 0 Å². The van der Waals surface area contributed by atoms with Crippen LogP contribution in [0, 0.1) is 5.92 Å². The largest absolute Gasteiger partial charge is 0.480 e. The topological polar surface area (TPSA) is 243 Å². The van der Waals surface area contributed by atoms with E-state index in [1.165, 1.54) is 19.4 Å². The van der Waals surface area contributed by atoms with Crippen molar-refractivity contribution >= 4 is 29.6 Å². The van der Waals surface area contributed by atoms with Gasteiger partial charge in [-0.3, -0.25) is 19.2 Å². The van der Waals surface area contributed by atoms with Crippen LogP contribution in [0.25, 0.3) is 0 Å². The number of aromatic nitrogens is 2. The second-order valence-electron chi connectivity index (χ2n) is 8.71. The number of nitrogens with two attached hydrogens (primary N) is 2. The number of H-pyrrole nitrogens is 1. The zero-order chi connectivity index (χ0) is 26.7. The number of aromatic amines is 1. The highest BCUT2D eigenvalue weighted by atomic mass is 16.4. The van der Waals surface area contributed by atoms with Crippen molar-refractivity contribution in [3.8, 4) is 0 Å². The van der Waals surface area contributed by atoms with Crippen LogP contribution in [0.2, 0.25) is 0 Å². The maximum Gasteiger partial charge on any atom is 0.328 e. The molecule has 1 aromatic rings. The Morgan fingerprint density at radius 1 is 1.03 bits per heavy atom. The van der Waals surface area contributed by atoms with E-state index in [-0.39, 0.29) is 31.6 Å². The van der Waals surface area contributed by atoms with Crippen LogP contribution < -0.4 is 27.4 Å². The number of imidazole rings is 1. The molecule has 1 aromatic heterocycles. The minimum Gasteiger partial charge on any atom is -0.480 e. The molecule has 0 saturated heterocycles. The molecule has 14 nitrogen and oxygen atoms in total. The smallest absolute Gasteiger partial charge is 0.328 e. The highest BCUT2D eigenvalue weighted by Crippen LogP contribution is 2.08. The zero-order valence-electron chi connectivity index (χ0n) is 20.0. The minimum atomic E-state index is -1.58. The Hall–Kier alpha value is -3.52. The molecule has 35 heavy (non-hydrogen) atoms. The van der Waals surface area contributed by atoms with Gasteiger partial charge >= 0.3 is 5.97 Å². The van der Waals surface area contributed by atoms with Gasteiger partial charge in [0.1, 0.15) is 12.1 Å². The second-order valence-corrected chi connectivity index (χ2v) is 8.71. The molecule has 0 fully saturated rings. The van der Waals surface area contributed by atoms with Gasteiger partial charge in [0, 0.05) is 24.7 Å². The highest BCUT2D eigenvalue weighted by molar-refractivity contribution is 5.94. The summed E-state index contributed by atoms with van der Waals surface area (Å²) in [6.07, 6.45) is 1.42. The van der Waals surface area contributed by atoms with Crippen molar-refractivity contribution < 1.29 is 34.2 Å². The second kappa shape index (κ2) is 14.0. The molecule has 0 spiro atoms. The molecular weight excluding hydrogens is 462 g/mol. The zero-order valence-corrected chi connectivity index (χ0v) is 20.0. The molecule has 0 aliphatic rings. The number of carbonyl (C=O) groups is 5. The molecule has 1 heterocycles. The normalized spacial score (nSPS) is 15.4. The summed E-state index contributed by atoms with van der Waals surface area (Å²) in [5.74, 6) is -4.50. The summed E-state index contributed by atoms with van der Waals surface area (Å²) in [7, 11) is 0. The monoisotopic (exact) mass is 497 g/mol. The summed E-state index contributed by atoms with van der Waals surface area (Å²) in [6.45, 7) is 4.78. The van der Waals surface area contributed by atoms with E-state index in [0.717, 1.165) is 0 Å². The lowest BCUT2D eigenvalue weighted by Gasteiger charge is -2.26. The minimum absolute atomic E-state index is 0.0811. The van der Waals surface area contributed by atoms with E-state index in [0.29, 0.717) is 5.69 Å². The molecule has 0 aromatic carbocycles. The van der Waals surface area contributed by atoms with Gasteiger partial charge in [-0.15, -0.1) is 0 Å². The predicted octanol–water partition coefficient (Wildman–Crippen LogP) is -2.49. The first kappa shape index (κ1) is 29.5. The molecule has 0 aliphatic carbocycles. The van der Waals surface area contributed by atoms with Crippen LogP contribution in [-0.2, 0) is 30.4 Å². The quantitative estimate of drug-likeness (QED) is 0.128. The van der Waals surface area contributed by atoms with Crippen LogP contribution in [0.4, 0.5) is 0 Å². The van der Waals surface area contributed by atoms with Crippen LogP contribution in [0.1, 0.15) is 45.7 Å². The van der Waals surface area contributed by atoms with E-state index in [2.05, 4.69) is 25.9 Å². The van der Waals surface area contributed by atoms with Crippen molar-refractivity contribution in [2.45, 2.75) is 76.7 Å². The van der Waals surface area contributed by atoms with Gasteiger partial charge in [0.2, 0.25) is 23.6 Å². The molecule has 5 atom stereocenters. The van der Waals surface area contributed by atoms with E-state index in [9.17, 15) is 34.2 Å². The summed E-state index contributed by atoms with van der Waals surface area (Å²) >= 11 is 0. The Kier molecular flexibility index (Phi) is 11.8. The Morgan fingerprint density at radius 2 is 1.63 bits per heavy atom. The predicted molar refractivity (Wildman–Crippen MR) is 123 cm³/mol. The number of rotatable bonds is 15. The van der Waals surface area contributed by atoms with Gasteiger partial charge in [0.25, 0.3) is 0 Å². The number of nitrogens with one attached hydrogen (secondary N) is 4. The molecule has 4 amide bonds. The van der Waals surface area contributed by atoms with Crippen molar-refractivity contribution in [1.82, 2.24) is 25.9 Å². The van der Waals surface area contributed by atoms with Crippen LogP contribution in [0.3, 0.4) is 0 Å². The number of aliphatic hydroxyl groups is 1. The van der Waals surface area contributed by atoms with Gasteiger partial charge in [0.05, 0.1) is 18.5 Å². The summed E-state index contributed by atoms with van der Waals surface area (Å²) in [5.41, 5.74) is 11.7. The lowest BCUT2D eigenvalue weighted by atomic mass is 10.0. The summed E-state index contributed by atoms with van der Waals surface area (Å²) in [5, 5.41) is 26.0. The molecule has 14 heteroatoms. The van der Waals surface area contributed by atoms with E-state index in [1.54, 1.807) is 13.8 Å². The highest BCUT2D eigenvalue weighted by Gasteiger charge is 2.32. The Balaban J connectivity index is 2.98. The van der Waals surface area contributed by atoms with Gasteiger partial charge < -0.3 is 42.6 Å². The summed E-state index contributed by atoms with van der Waals surface area (Å²) < 4.78 is 0. The van der Waals surface area contributed by atoms with Gasteiger partial charge in [-0.2, -0.15) is 0 Å². The van der Waals surface area contributed by atoms with Crippen molar-refractivity contribution in [3.05, 3.63) is 18.2 Å². The molecule has 5 unspecified atom stereocenters. The third-order valence-corrected chi connectivity index (χ3v) is 5.03. The molecule has 1 rings (SSSR count). The Morgan fingerprint density at radius 3 is 2.11 bits per heavy atom. The van der Waals surface area contributed by atoms with Crippen molar-refractivity contribution in [1.29, 1.82) is 0 Å². The summed E-state index contributed by atoms with van der Waals surface area (Å²) in [4.78, 5) is 67.6. The van der Waals surface area contributed by atoms with Gasteiger partial charge in [-0.05, 0) is 25.7 Å². The molecule has 196 valence electrons. The number of hydrogen-bond donors (Lipinski definition) is 8. The third-order valence-electron chi connectivity index (χ3n) is 5.03. The number of aliphatic hydroxyl groups excluding tert-OH is 1. The fourth-order valence-corrected chi connectivity index (χ4v) is 3.18. The number of aliphatic carboxylic acids is 1. The lowest BCUT2D eigenvalue weighted by Crippen LogP contribution is -2.58. The van der Waals surface area contributed by atoms with Crippen molar-refractivity contribution in [2.75, 3.05) is 0 Å².